The topological polar surface area (TPSA) is 101 Å². The Hall–Kier alpha value is -4.38. The van der Waals surface area contributed by atoms with Crippen molar-refractivity contribution in [2.75, 3.05) is 12.0 Å². The molecule has 0 spiro atoms. The fourth-order valence-electron chi connectivity index (χ4n) is 3.27. The van der Waals surface area contributed by atoms with Gasteiger partial charge >= 0.3 is 0 Å². The highest BCUT2D eigenvalue weighted by Gasteiger charge is 2.14. The summed E-state index contributed by atoms with van der Waals surface area (Å²) in [6.07, 6.45) is 3.55. The van der Waals surface area contributed by atoms with Crippen LogP contribution in [0.25, 0.3) is 16.9 Å². The Balaban J connectivity index is 1.71. The number of aromatic nitrogens is 3. The number of para-hydroxylation sites is 1. The largest absolute Gasteiger partial charge is 0.494 e. The maximum absolute atomic E-state index is 9.17. The number of rotatable bonds is 7. The van der Waals surface area contributed by atoms with Crippen LogP contribution in [0, 0.1) is 25.2 Å². The molecule has 0 aliphatic heterocycles. The number of anilines is 1. The fourth-order valence-corrected chi connectivity index (χ4v) is 3.27. The van der Waals surface area contributed by atoms with Crippen LogP contribution in [0.2, 0.25) is 0 Å². The lowest BCUT2D eigenvalue weighted by atomic mass is 10.1. The van der Waals surface area contributed by atoms with Crippen LogP contribution in [0.4, 0.5) is 5.88 Å². The predicted molar refractivity (Wildman–Crippen MR) is 122 cm³/mol. The molecule has 0 amide bonds. The summed E-state index contributed by atoms with van der Waals surface area (Å²) in [6.45, 7) is 6.25. The van der Waals surface area contributed by atoms with Gasteiger partial charge in [0.1, 0.15) is 17.5 Å². The maximum Gasteiger partial charge on any atom is 0.252 e. The van der Waals surface area contributed by atoms with E-state index in [1.54, 1.807) is 13.1 Å². The van der Waals surface area contributed by atoms with Crippen LogP contribution >= 0.6 is 0 Å². The van der Waals surface area contributed by atoms with E-state index in [1.807, 2.05) is 79.3 Å². The molecule has 32 heavy (non-hydrogen) atoms. The lowest BCUT2D eigenvalue weighted by molar-refractivity contribution is 0.338. The van der Waals surface area contributed by atoms with E-state index in [9.17, 15) is 0 Å². The third-order valence-corrected chi connectivity index (χ3v) is 4.72. The van der Waals surface area contributed by atoms with Gasteiger partial charge in [0, 0.05) is 24.2 Å². The second-order valence-electron chi connectivity index (χ2n) is 7.02. The number of hydrogen-bond acceptors (Lipinski definition) is 7. The molecule has 4 rings (SSSR count). The molecule has 0 fully saturated rings. The van der Waals surface area contributed by atoms with Crippen molar-refractivity contribution >= 4 is 12.1 Å². The van der Waals surface area contributed by atoms with E-state index in [4.69, 9.17) is 19.5 Å². The molecule has 0 saturated carbocycles. The molecule has 2 heterocycles. The van der Waals surface area contributed by atoms with Gasteiger partial charge in [0.05, 0.1) is 18.5 Å². The van der Waals surface area contributed by atoms with Crippen LogP contribution < -0.4 is 10.2 Å². The molecular weight excluding hydrogens is 404 g/mol. The van der Waals surface area contributed by atoms with Gasteiger partial charge in [0.25, 0.3) is 5.88 Å². The highest BCUT2D eigenvalue weighted by atomic mass is 16.5. The van der Waals surface area contributed by atoms with Gasteiger partial charge in [-0.05, 0) is 49.7 Å². The SMILES string of the molecule is CCOc1ccc(-c2nn(-c3ccccc3)cc2/C=N/Nc2oc(C)nc2C#N)cc1C. The van der Waals surface area contributed by atoms with Crippen molar-refractivity contribution in [3.63, 3.8) is 0 Å². The molecule has 160 valence electrons. The Bertz CT molecular complexity index is 1300. The lowest BCUT2D eigenvalue weighted by Crippen LogP contribution is -1.96. The number of nitrogens with one attached hydrogen (secondary N) is 1. The summed E-state index contributed by atoms with van der Waals surface area (Å²) < 4.78 is 12.9. The van der Waals surface area contributed by atoms with Gasteiger partial charge in [-0.25, -0.2) is 15.1 Å². The summed E-state index contributed by atoms with van der Waals surface area (Å²) in [5.41, 5.74) is 7.36. The predicted octanol–water partition coefficient (Wildman–Crippen LogP) is 4.86. The quantitative estimate of drug-likeness (QED) is 0.334. The molecule has 0 aliphatic rings. The Labute approximate surface area is 185 Å². The molecule has 0 aliphatic carbocycles. The summed E-state index contributed by atoms with van der Waals surface area (Å²) in [6, 6.07) is 17.8. The first-order valence-electron chi connectivity index (χ1n) is 10.1. The first kappa shape index (κ1) is 20.9. The van der Waals surface area contributed by atoms with E-state index in [0.717, 1.165) is 33.8 Å². The molecule has 0 atom stereocenters. The molecule has 8 nitrogen and oxygen atoms in total. The standard InChI is InChI=1S/C24H22N6O2/c1-4-31-22-11-10-18(12-16(22)2)23-19(15-30(29-23)20-8-6-5-7-9-20)14-26-28-24-21(13-25)27-17(3)32-24/h5-12,14-15,28H,4H2,1-3H3/b26-14+. The van der Waals surface area contributed by atoms with Gasteiger partial charge in [0.2, 0.25) is 5.69 Å². The van der Waals surface area contributed by atoms with E-state index in [1.165, 1.54) is 0 Å². The van der Waals surface area contributed by atoms with Crippen molar-refractivity contribution in [2.24, 2.45) is 5.10 Å². The average molecular weight is 426 g/mol. The number of oxazole rings is 1. The minimum atomic E-state index is 0.155. The smallest absolute Gasteiger partial charge is 0.252 e. The van der Waals surface area contributed by atoms with Crippen LogP contribution in [0.1, 0.15) is 29.6 Å². The van der Waals surface area contributed by atoms with Crippen molar-refractivity contribution in [1.82, 2.24) is 14.8 Å². The summed E-state index contributed by atoms with van der Waals surface area (Å²) in [4.78, 5) is 4.00. The van der Waals surface area contributed by atoms with Gasteiger partial charge in [-0.2, -0.15) is 15.5 Å². The summed E-state index contributed by atoms with van der Waals surface area (Å²) in [7, 11) is 0. The third-order valence-electron chi connectivity index (χ3n) is 4.72. The van der Waals surface area contributed by atoms with E-state index in [-0.39, 0.29) is 11.6 Å². The molecule has 4 aromatic rings. The lowest BCUT2D eigenvalue weighted by Gasteiger charge is -2.08. The Morgan fingerprint density at radius 1 is 1.22 bits per heavy atom. The molecule has 0 unspecified atom stereocenters. The van der Waals surface area contributed by atoms with Crippen LogP contribution in [0.3, 0.4) is 0 Å². The van der Waals surface area contributed by atoms with Crippen LogP contribution in [-0.2, 0) is 0 Å². The van der Waals surface area contributed by atoms with Crippen molar-refractivity contribution in [1.29, 1.82) is 5.26 Å². The van der Waals surface area contributed by atoms with Crippen molar-refractivity contribution in [3.05, 3.63) is 77.4 Å². The van der Waals surface area contributed by atoms with Crippen molar-refractivity contribution < 1.29 is 9.15 Å². The number of benzene rings is 2. The minimum absolute atomic E-state index is 0.155. The maximum atomic E-state index is 9.17. The third kappa shape index (κ3) is 4.37. The number of ether oxygens (including phenoxy) is 1. The van der Waals surface area contributed by atoms with E-state index in [2.05, 4.69) is 15.5 Å². The zero-order valence-corrected chi connectivity index (χ0v) is 18.0. The molecule has 2 aromatic carbocycles. The molecule has 2 aromatic heterocycles. The van der Waals surface area contributed by atoms with Crippen LogP contribution in [0.5, 0.6) is 5.75 Å². The van der Waals surface area contributed by atoms with Crippen molar-refractivity contribution in [3.8, 4) is 28.8 Å². The van der Waals surface area contributed by atoms with Crippen LogP contribution in [-0.4, -0.2) is 27.6 Å². The number of hydrazone groups is 1. The second kappa shape index (κ2) is 9.18. The van der Waals surface area contributed by atoms with E-state index < -0.39 is 0 Å². The Kier molecular flexibility index (Phi) is 5.99. The van der Waals surface area contributed by atoms with E-state index in [0.29, 0.717) is 12.5 Å². The Morgan fingerprint density at radius 2 is 2.03 bits per heavy atom. The molecule has 0 radical (unpaired) electrons. The monoisotopic (exact) mass is 426 g/mol. The summed E-state index contributed by atoms with van der Waals surface area (Å²) in [5, 5.41) is 18.2. The molecule has 8 heteroatoms. The Morgan fingerprint density at radius 3 is 2.75 bits per heavy atom. The average Bonchev–Trinajstić information content (AvgIpc) is 3.39. The first-order chi connectivity index (χ1) is 15.6. The van der Waals surface area contributed by atoms with Gasteiger partial charge in [0.15, 0.2) is 5.89 Å². The number of nitriles is 1. The highest BCUT2D eigenvalue weighted by molar-refractivity contribution is 5.89. The molecule has 1 N–H and O–H groups in total. The minimum Gasteiger partial charge on any atom is -0.494 e. The van der Waals surface area contributed by atoms with Crippen molar-refractivity contribution in [2.45, 2.75) is 20.8 Å². The number of aryl methyl sites for hydroxylation is 2. The fraction of sp³-hybridized carbons (Fsp3) is 0.167. The normalized spacial score (nSPS) is 10.9. The first-order valence-corrected chi connectivity index (χ1v) is 10.1. The van der Waals surface area contributed by atoms with Crippen LogP contribution in [0.15, 0.2) is 64.2 Å². The second-order valence-corrected chi connectivity index (χ2v) is 7.02. The van der Waals surface area contributed by atoms with Gasteiger partial charge in [-0.15, -0.1) is 0 Å². The number of hydrogen-bond donors (Lipinski definition) is 1. The zero-order valence-electron chi connectivity index (χ0n) is 18.0. The summed E-state index contributed by atoms with van der Waals surface area (Å²) >= 11 is 0. The molecule has 0 saturated heterocycles. The summed E-state index contributed by atoms with van der Waals surface area (Å²) in [5.74, 6) is 1.44. The van der Waals surface area contributed by atoms with Gasteiger partial charge in [-0.3, -0.25) is 0 Å². The number of nitrogens with zero attached hydrogens (tertiary/aromatic N) is 5. The van der Waals surface area contributed by atoms with Gasteiger partial charge in [-0.1, -0.05) is 18.2 Å². The molecular formula is C24H22N6O2. The zero-order chi connectivity index (χ0) is 22.5. The van der Waals surface area contributed by atoms with E-state index >= 15 is 0 Å². The highest BCUT2D eigenvalue weighted by Crippen LogP contribution is 2.28. The molecule has 0 bridgehead atoms. The van der Waals surface area contributed by atoms with Gasteiger partial charge < -0.3 is 9.15 Å².